The molecular formula is C19H24N2O2. The quantitative estimate of drug-likeness (QED) is 0.854. The van der Waals surface area contributed by atoms with Crippen molar-refractivity contribution in [2.45, 2.75) is 26.2 Å². The van der Waals surface area contributed by atoms with E-state index in [1.165, 1.54) is 5.56 Å². The molecule has 0 radical (unpaired) electrons. The van der Waals surface area contributed by atoms with Crippen molar-refractivity contribution in [1.82, 2.24) is 10.3 Å². The van der Waals surface area contributed by atoms with Crippen LogP contribution in [0.1, 0.15) is 30.9 Å². The Hall–Kier alpha value is -2.36. The third kappa shape index (κ3) is 4.81. The number of aromatic nitrogens is 1. The van der Waals surface area contributed by atoms with Crippen LogP contribution in [0, 0.1) is 5.92 Å². The van der Waals surface area contributed by atoms with E-state index in [4.69, 9.17) is 4.74 Å². The van der Waals surface area contributed by atoms with Crippen LogP contribution in [0.15, 0.2) is 48.8 Å². The highest BCUT2D eigenvalue weighted by Crippen LogP contribution is 2.24. The lowest BCUT2D eigenvalue weighted by molar-refractivity contribution is -0.123. The van der Waals surface area contributed by atoms with Gasteiger partial charge in [-0.1, -0.05) is 26.0 Å². The first kappa shape index (κ1) is 17.0. The fraction of sp³-hybridized carbons (Fsp3) is 0.368. The van der Waals surface area contributed by atoms with E-state index in [0.717, 1.165) is 17.7 Å². The highest BCUT2D eigenvalue weighted by Gasteiger charge is 2.23. The first-order valence-corrected chi connectivity index (χ1v) is 7.92. The highest BCUT2D eigenvalue weighted by molar-refractivity contribution is 5.83. The van der Waals surface area contributed by atoms with E-state index in [-0.39, 0.29) is 17.7 Å². The van der Waals surface area contributed by atoms with Gasteiger partial charge in [0.05, 0.1) is 13.0 Å². The number of benzene rings is 1. The summed E-state index contributed by atoms with van der Waals surface area (Å²) < 4.78 is 5.14. The normalized spacial score (nSPS) is 12.0. The number of hydrogen-bond acceptors (Lipinski definition) is 3. The standard InChI is InChI=1S/C19H24N2O2/c1-14(2)18(16-9-11-20-12-10-16)19(22)21-13-8-15-4-6-17(23-3)7-5-15/h4-7,9-12,14,18H,8,13H2,1-3H3,(H,21,22). The molecule has 0 fully saturated rings. The number of nitrogens with zero attached hydrogens (tertiary/aromatic N) is 1. The summed E-state index contributed by atoms with van der Waals surface area (Å²) in [6.45, 7) is 4.75. The third-order valence-electron chi connectivity index (χ3n) is 3.89. The van der Waals surface area contributed by atoms with E-state index in [1.54, 1.807) is 19.5 Å². The molecule has 1 heterocycles. The lowest BCUT2D eigenvalue weighted by Gasteiger charge is -2.20. The zero-order valence-corrected chi connectivity index (χ0v) is 14.0. The fourth-order valence-electron chi connectivity index (χ4n) is 2.64. The predicted molar refractivity (Wildman–Crippen MR) is 91.5 cm³/mol. The Bertz CT molecular complexity index is 609. The van der Waals surface area contributed by atoms with Gasteiger partial charge in [0.15, 0.2) is 0 Å². The molecule has 1 N–H and O–H groups in total. The number of nitrogens with one attached hydrogen (secondary N) is 1. The van der Waals surface area contributed by atoms with E-state index < -0.39 is 0 Å². The monoisotopic (exact) mass is 312 g/mol. The number of pyridine rings is 1. The third-order valence-corrected chi connectivity index (χ3v) is 3.89. The van der Waals surface area contributed by atoms with Gasteiger partial charge in [-0.15, -0.1) is 0 Å². The molecule has 0 spiro atoms. The second kappa shape index (κ2) is 8.32. The maximum absolute atomic E-state index is 12.5. The van der Waals surface area contributed by atoms with Crippen molar-refractivity contribution in [1.29, 1.82) is 0 Å². The van der Waals surface area contributed by atoms with Crippen LogP contribution in [0.4, 0.5) is 0 Å². The molecule has 23 heavy (non-hydrogen) atoms. The van der Waals surface area contributed by atoms with Gasteiger partial charge in [-0.2, -0.15) is 0 Å². The van der Waals surface area contributed by atoms with Gasteiger partial charge in [-0.05, 0) is 47.7 Å². The molecule has 0 aliphatic carbocycles. The summed E-state index contributed by atoms with van der Waals surface area (Å²) in [7, 11) is 1.65. The molecule has 2 aromatic rings. The maximum atomic E-state index is 12.5. The zero-order chi connectivity index (χ0) is 16.7. The molecule has 0 saturated carbocycles. The smallest absolute Gasteiger partial charge is 0.227 e. The number of carbonyl (C=O) groups is 1. The van der Waals surface area contributed by atoms with Gasteiger partial charge in [0.25, 0.3) is 0 Å². The molecule has 122 valence electrons. The molecule has 1 atom stereocenters. The van der Waals surface area contributed by atoms with Crippen molar-refractivity contribution >= 4 is 5.91 Å². The average Bonchev–Trinajstić information content (AvgIpc) is 2.56. The Morgan fingerprint density at radius 2 is 1.78 bits per heavy atom. The Morgan fingerprint density at radius 1 is 1.13 bits per heavy atom. The Balaban J connectivity index is 1.91. The summed E-state index contributed by atoms with van der Waals surface area (Å²) in [5.74, 6) is 1.00. The fourth-order valence-corrected chi connectivity index (χ4v) is 2.64. The van der Waals surface area contributed by atoms with Crippen LogP contribution >= 0.6 is 0 Å². The van der Waals surface area contributed by atoms with E-state index >= 15 is 0 Å². The van der Waals surface area contributed by atoms with Gasteiger partial charge in [-0.3, -0.25) is 9.78 Å². The minimum absolute atomic E-state index is 0.0692. The summed E-state index contributed by atoms with van der Waals surface area (Å²) in [6, 6.07) is 11.7. The molecule has 1 amide bonds. The molecule has 0 aliphatic rings. The summed E-state index contributed by atoms with van der Waals surface area (Å²) >= 11 is 0. The minimum Gasteiger partial charge on any atom is -0.497 e. The largest absolute Gasteiger partial charge is 0.497 e. The number of carbonyl (C=O) groups excluding carboxylic acids is 1. The summed E-state index contributed by atoms with van der Waals surface area (Å²) in [5.41, 5.74) is 2.19. The predicted octanol–water partition coefficient (Wildman–Crippen LogP) is 3.19. The molecule has 0 bridgehead atoms. The van der Waals surface area contributed by atoms with Crippen LogP contribution in [0.25, 0.3) is 0 Å². The van der Waals surface area contributed by atoms with Gasteiger partial charge in [0.2, 0.25) is 5.91 Å². The number of hydrogen-bond donors (Lipinski definition) is 1. The SMILES string of the molecule is COc1ccc(CCNC(=O)C(c2ccncc2)C(C)C)cc1. The van der Waals surface area contributed by atoms with E-state index in [2.05, 4.69) is 24.1 Å². The molecule has 1 unspecified atom stereocenters. The molecule has 1 aromatic carbocycles. The van der Waals surface area contributed by atoms with Gasteiger partial charge in [-0.25, -0.2) is 0 Å². The van der Waals surface area contributed by atoms with Crippen molar-refractivity contribution in [2.24, 2.45) is 5.92 Å². The van der Waals surface area contributed by atoms with Gasteiger partial charge < -0.3 is 10.1 Å². The average molecular weight is 312 g/mol. The van der Waals surface area contributed by atoms with Crippen LogP contribution in [-0.2, 0) is 11.2 Å². The first-order valence-electron chi connectivity index (χ1n) is 7.92. The van der Waals surface area contributed by atoms with Crippen LogP contribution < -0.4 is 10.1 Å². The van der Waals surface area contributed by atoms with Crippen LogP contribution in [0.5, 0.6) is 5.75 Å². The first-order chi connectivity index (χ1) is 11.1. The topological polar surface area (TPSA) is 51.2 Å². The molecule has 4 heteroatoms. The van der Waals surface area contributed by atoms with E-state index in [9.17, 15) is 4.79 Å². The second-order valence-electron chi connectivity index (χ2n) is 5.89. The van der Waals surface area contributed by atoms with Crippen molar-refractivity contribution < 1.29 is 9.53 Å². The lowest BCUT2D eigenvalue weighted by Crippen LogP contribution is -2.33. The number of amides is 1. The summed E-state index contributed by atoms with van der Waals surface area (Å²) in [4.78, 5) is 16.5. The number of rotatable bonds is 7. The second-order valence-corrected chi connectivity index (χ2v) is 5.89. The molecular weight excluding hydrogens is 288 g/mol. The van der Waals surface area contributed by atoms with Crippen molar-refractivity contribution in [3.63, 3.8) is 0 Å². The number of methoxy groups -OCH3 is 1. The Kier molecular flexibility index (Phi) is 6.15. The van der Waals surface area contributed by atoms with Crippen LogP contribution in [0.3, 0.4) is 0 Å². The molecule has 1 aromatic heterocycles. The highest BCUT2D eigenvalue weighted by atomic mass is 16.5. The van der Waals surface area contributed by atoms with Gasteiger partial charge >= 0.3 is 0 Å². The van der Waals surface area contributed by atoms with E-state index in [1.807, 2.05) is 36.4 Å². The molecule has 0 saturated heterocycles. The number of ether oxygens (including phenoxy) is 1. The summed E-state index contributed by atoms with van der Waals surface area (Å²) in [6.07, 6.45) is 4.27. The molecule has 4 nitrogen and oxygen atoms in total. The molecule has 2 rings (SSSR count). The molecule has 0 aliphatic heterocycles. The zero-order valence-electron chi connectivity index (χ0n) is 14.0. The van der Waals surface area contributed by atoms with Gasteiger partial charge in [0, 0.05) is 18.9 Å². The summed E-state index contributed by atoms with van der Waals surface area (Å²) in [5, 5.41) is 3.05. The Morgan fingerprint density at radius 3 is 2.35 bits per heavy atom. The van der Waals surface area contributed by atoms with Crippen LogP contribution in [-0.4, -0.2) is 24.5 Å². The van der Waals surface area contributed by atoms with Gasteiger partial charge in [0.1, 0.15) is 5.75 Å². The maximum Gasteiger partial charge on any atom is 0.227 e. The van der Waals surface area contributed by atoms with E-state index in [0.29, 0.717) is 6.54 Å². The van der Waals surface area contributed by atoms with Crippen LogP contribution in [0.2, 0.25) is 0 Å². The minimum atomic E-state index is -0.145. The van der Waals surface area contributed by atoms with Crippen molar-refractivity contribution in [3.05, 3.63) is 59.9 Å². The van der Waals surface area contributed by atoms with Crippen molar-refractivity contribution in [3.8, 4) is 5.75 Å². The lowest BCUT2D eigenvalue weighted by atomic mass is 9.88. The Labute approximate surface area is 137 Å². The van der Waals surface area contributed by atoms with Crippen molar-refractivity contribution in [2.75, 3.05) is 13.7 Å².